The summed E-state index contributed by atoms with van der Waals surface area (Å²) in [6.45, 7) is 4.87. The zero-order chi connectivity index (χ0) is 8.04. The monoisotopic (exact) mass is 166 g/mol. The zero-order valence-corrected chi connectivity index (χ0v) is 6.56. The van der Waals surface area contributed by atoms with E-state index in [2.05, 4.69) is 14.9 Å². The second-order valence-corrected chi connectivity index (χ2v) is 2.68. The Kier molecular flexibility index (Phi) is 4.26. The minimum absolute atomic E-state index is 0.0532. The summed E-state index contributed by atoms with van der Waals surface area (Å²) < 4.78 is 29.5. The SMILES string of the molecule is C=CCOS(=O)(=O)OCC. The number of rotatable bonds is 5. The fourth-order valence-electron chi connectivity index (χ4n) is 0.310. The maximum atomic E-state index is 10.5. The van der Waals surface area contributed by atoms with Gasteiger partial charge in [0.05, 0.1) is 13.2 Å². The van der Waals surface area contributed by atoms with Gasteiger partial charge in [0.25, 0.3) is 0 Å². The highest BCUT2D eigenvalue weighted by Gasteiger charge is 2.07. The normalized spacial score (nSPS) is 11.3. The first-order chi connectivity index (χ1) is 4.62. The predicted molar refractivity (Wildman–Crippen MR) is 36.7 cm³/mol. The first-order valence-corrected chi connectivity index (χ1v) is 4.10. The fourth-order valence-corrected chi connectivity index (χ4v) is 0.929. The van der Waals surface area contributed by atoms with Crippen molar-refractivity contribution in [2.75, 3.05) is 13.2 Å². The Balaban J connectivity index is 3.76. The van der Waals surface area contributed by atoms with Crippen LogP contribution in [0.2, 0.25) is 0 Å². The Labute approximate surface area is 60.8 Å². The molecular formula is C5H10O4S. The van der Waals surface area contributed by atoms with Crippen LogP contribution in [0, 0.1) is 0 Å². The lowest BCUT2D eigenvalue weighted by Gasteiger charge is -1.99. The summed E-state index contributed by atoms with van der Waals surface area (Å²) >= 11 is 0. The lowest BCUT2D eigenvalue weighted by Crippen LogP contribution is -2.09. The van der Waals surface area contributed by atoms with Crippen LogP contribution in [0.25, 0.3) is 0 Å². The number of hydrogen-bond donors (Lipinski definition) is 0. The third-order valence-corrected chi connectivity index (χ3v) is 1.54. The van der Waals surface area contributed by atoms with Crippen molar-refractivity contribution in [3.05, 3.63) is 12.7 Å². The van der Waals surface area contributed by atoms with Crippen LogP contribution in [0.3, 0.4) is 0 Å². The first-order valence-electron chi connectivity index (χ1n) is 2.77. The van der Waals surface area contributed by atoms with Gasteiger partial charge in [0.2, 0.25) is 0 Å². The highest BCUT2D eigenvalue weighted by molar-refractivity contribution is 7.81. The quantitative estimate of drug-likeness (QED) is 0.557. The molecular weight excluding hydrogens is 156 g/mol. The molecule has 0 rings (SSSR count). The molecule has 0 aliphatic rings. The van der Waals surface area contributed by atoms with Crippen molar-refractivity contribution in [1.82, 2.24) is 0 Å². The van der Waals surface area contributed by atoms with Crippen LogP contribution in [0.15, 0.2) is 12.7 Å². The summed E-state index contributed by atoms with van der Waals surface area (Å²) in [6.07, 6.45) is 1.33. The summed E-state index contributed by atoms with van der Waals surface area (Å²) in [5, 5.41) is 0. The predicted octanol–water partition coefficient (Wildman–Crippen LogP) is 0.470. The third kappa shape index (κ3) is 4.49. The van der Waals surface area contributed by atoms with Crippen molar-refractivity contribution in [3.63, 3.8) is 0 Å². The van der Waals surface area contributed by atoms with Gasteiger partial charge in [-0.1, -0.05) is 6.08 Å². The maximum absolute atomic E-state index is 10.5. The Morgan fingerprint density at radius 2 is 2.10 bits per heavy atom. The van der Waals surface area contributed by atoms with Gasteiger partial charge >= 0.3 is 10.4 Å². The fraction of sp³-hybridized carbons (Fsp3) is 0.600. The van der Waals surface area contributed by atoms with E-state index >= 15 is 0 Å². The zero-order valence-electron chi connectivity index (χ0n) is 5.74. The lowest BCUT2D eigenvalue weighted by atomic mass is 10.7. The molecule has 60 valence electrons. The largest absolute Gasteiger partial charge is 0.400 e. The first kappa shape index (κ1) is 9.61. The average Bonchev–Trinajstić information content (AvgIpc) is 1.84. The molecule has 0 heterocycles. The minimum atomic E-state index is -3.77. The molecule has 0 aromatic rings. The Morgan fingerprint density at radius 3 is 2.50 bits per heavy atom. The molecule has 0 spiro atoms. The minimum Gasteiger partial charge on any atom is -0.248 e. The van der Waals surface area contributed by atoms with E-state index in [0.29, 0.717) is 0 Å². The average molecular weight is 166 g/mol. The molecule has 0 radical (unpaired) electrons. The standard InChI is InChI=1S/C5H10O4S/c1-3-5-9-10(6,7)8-4-2/h3H,1,4-5H2,2H3. The topological polar surface area (TPSA) is 52.6 Å². The molecule has 0 amide bonds. The van der Waals surface area contributed by atoms with Crippen molar-refractivity contribution in [2.45, 2.75) is 6.92 Å². The highest BCUT2D eigenvalue weighted by atomic mass is 32.3. The molecule has 0 aromatic carbocycles. The van der Waals surface area contributed by atoms with Gasteiger partial charge in [-0.2, -0.15) is 8.42 Å². The molecule has 0 saturated carbocycles. The molecule has 10 heavy (non-hydrogen) atoms. The van der Waals surface area contributed by atoms with Gasteiger partial charge in [-0.3, -0.25) is 0 Å². The second kappa shape index (κ2) is 4.43. The molecule has 0 saturated heterocycles. The molecule has 0 aromatic heterocycles. The van der Waals surface area contributed by atoms with Crippen molar-refractivity contribution in [1.29, 1.82) is 0 Å². The van der Waals surface area contributed by atoms with Gasteiger partial charge in [-0.05, 0) is 6.92 Å². The smallest absolute Gasteiger partial charge is 0.248 e. The van der Waals surface area contributed by atoms with E-state index in [-0.39, 0.29) is 13.2 Å². The summed E-state index contributed by atoms with van der Waals surface area (Å²) in [5.41, 5.74) is 0. The molecule has 0 unspecified atom stereocenters. The molecule has 4 nitrogen and oxygen atoms in total. The van der Waals surface area contributed by atoms with Gasteiger partial charge in [0, 0.05) is 0 Å². The van der Waals surface area contributed by atoms with Gasteiger partial charge in [-0.25, -0.2) is 8.37 Å². The highest BCUT2D eigenvalue weighted by Crippen LogP contribution is 1.94. The summed E-state index contributed by atoms with van der Waals surface area (Å²) in [5.74, 6) is 0. The van der Waals surface area contributed by atoms with E-state index in [1.54, 1.807) is 6.92 Å². The van der Waals surface area contributed by atoms with E-state index in [1.165, 1.54) is 6.08 Å². The Morgan fingerprint density at radius 1 is 1.50 bits per heavy atom. The van der Waals surface area contributed by atoms with E-state index in [1.807, 2.05) is 0 Å². The van der Waals surface area contributed by atoms with E-state index in [4.69, 9.17) is 0 Å². The van der Waals surface area contributed by atoms with Gasteiger partial charge < -0.3 is 0 Å². The van der Waals surface area contributed by atoms with Crippen LogP contribution in [-0.4, -0.2) is 21.6 Å². The van der Waals surface area contributed by atoms with Crippen molar-refractivity contribution in [3.8, 4) is 0 Å². The molecule has 5 heteroatoms. The van der Waals surface area contributed by atoms with Crippen molar-refractivity contribution in [2.24, 2.45) is 0 Å². The van der Waals surface area contributed by atoms with Crippen molar-refractivity contribution >= 4 is 10.4 Å². The van der Waals surface area contributed by atoms with Crippen molar-refractivity contribution < 1.29 is 16.8 Å². The van der Waals surface area contributed by atoms with Gasteiger partial charge in [-0.15, -0.1) is 6.58 Å². The van der Waals surface area contributed by atoms with Crippen LogP contribution in [-0.2, 0) is 18.8 Å². The van der Waals surface area contributed by atoms with Gasteiger partial charge in [0.15, 0.2) is 0 Å². The second-order valence-electron chi connectivity index (χ2n) is 1.39. The molecule has 0 fully saturated rings. The van der Waals surface area contributed by atoms with E-state index < -0.39 is 10.4 Å². The van der Waals surface area contributed by atoms with Gasteiger partial charge in [0.1, 0.15) is 0 Å². The summed E-state index contributed by atoms with van der Waals surface area (Å²) in [7, 11) is -3.77. The Hall–Kier alpha value is -0.390. The molecule has 0 atom stereocenters. The van der Waals surface area contributed by atoms with Crippen LogP contribution < -0.4 is 0 Å². The van der Waals surface area contributed by atoms with Crippen LogP contribution in [0.1, 0.15) is 6.92 Å². The number of hydrogen-bond acceptors (Lipinski definition) is 4. The van der Waals surface area contributed by atoms with E-state index in [9.17, 15) is 8.42 Å². The molecule has 0 aliphatic carbocycles. The summed E-state index contributed by atoms with van der Waals surface area (Å²) in [4.78, 5) is 0. The Bertz CT molecular complexity index is 182. The van der Waals surface area contributed by atoms with E-state index in [0.717, 1.165) is 0 Å². The molecule has 0 bridgehead atoms. The summed E-state index contributed by atoms with van der Waals surface area (Å²) in [6, 6.07) is 0. The van der Waals surface area contributed by atoms with Crippen LogP contribution in [0.5, 0.6) is 0 Å². The molecule has 0 N–H and O–H groups in total. The third-order valence-electron chi connectivity index (χ3n) is 0.592. The van der Waals surface area contributed by atoms with Crippen LogP contribution >= 0.6 is 0 Å². The lowest BCUT2D eigenvalue weighted by molar-refractivity contribution is 0.239. The molecule has 0 aliphatic heterocycles. The van der Waals surface area contributed by atoms with Crippen LogP contribution in [0.4, 0.5) is 0 Å². The maximum Gasteiger partial charge on any atom is 0.400 e.